The number of unbranched alkanes of at least 4 members (excludes halogenated alkanes) is 1. The predicted molar refractivity (Wildman–Crippen MR) is 145 cm³/mol. The summed E-state index contributed by atoms with van der Waals surface area (Å²) < 4.78 is 55.4. The fraction of sp³-hybridized carbons (Fsp3) is 0.310. The summed E-state index contributed by atoms with van der Waals surface area (Å²) in [4.78, 5) is 30.2. The van der Waals surface area contributed by atoms with Crippen LogP contribution in [-0.4, -0.2) is 34.3 Å². The molecule has 1 atom stereocenters. The van der Waals surface area contributed by atoms with Gasteiger partial charge in [0, 0.05) is 12.6 Å². The van der Waals surface area contributed by atoms with Gasteiger partial charge in [-0.3, -0.25) is 4.79 Å². The van der Waals surface area contributed by atoms with Crippen LogP contribution in [0, 0.1) is 0 Å². The third-order valence-electron chi connectivity index (χ3n) is 5.98. The number of nitrogens with zero attached hydrogens (tertiary/aromatic N) is 3. The van der Waals surface area contributed by atoms with Crippen molar-refractivity contribution in [3.05, 3.63) is 88.5 Å². The summed E-state index contributed by atoms with van der Waals surface area (Å²) in [6.45, 7) is 3.71. The average Bonchev–Trinajstić information content (AvgIpc) is 3.29. The molecular formula is C29H29F3N3O5S+. The van der Waals surface area contributed by atoms with Crippen LogP contribution in [0.5, 0.6) is 5.75 Å². The molecule has 2 heterocycles. The van der Waals surface area contributed by atoms with E-state index in [0.29, 0.717) is 23.0 Å². The number of hydrogen-bond donors (Lipinski definition) is 1. The summed E-state index contributed by atoms with van der Waals surface area (Å²) in [5.41, 5.74) is -0.221. The van der Waals surface area contributed by atoms with E-state index in [9.17, 15) is 27.9 Å². The van der Waals surface area contributed by atoms with E-state index in [0.717, 1.165) is 35.2 Å². The van der Waals surface area contributed by atoms with Crippen LogP contribution in [0.3, 0.4) is 0 Å². The molecule has 2 aromatic carbocycles. The summed E-state index contributed by atoms with van der Waals surface area (Å²) >= 11 is 1.21. The Morgan fingerprint density at radius 3 is 2.59 bits per heavy atom. The van der Waals surface area contributed by atoms with E-state index < -0.39 is 29.7 Å². The van der Waals surface area contributed by atoms with E-state index in [1.54, 1.807) is 53.4 Å². The second-order valence-electron chi connectivity index (χ2n) is 9.31. The minimum Gasteiger partial charge on any atom is -0.490 e. The Labute approximate surface area is 237 Å². The van der Waals surface area contributed by atoms with Crippen molar-refractivity contribution in [2.45, 2.75) is 52.2 Å². The van der Waals surface area contributed by atoms with Gasteiger partial charge in [-0.1, -0.05) is 42.9 Å². The number of thiazole rings is 1. The van der Waals surface area contributed by atoms with Crippen molar-refractivity contribution in [2.75, 3.05) is 6.61 Å². The molecule has 2 aromatic heterocycles. The first-order chi connectivity index (χ1) is 19.6. The molecule has 0 bridgehead atoms. The molecule has 0 unspecified atom stereocenters. The zero-order valence-corrected chi connectivity index (χ0v) is 23.2. The Hall–Kier alpha value is -4.03. The highest BCUT2D eigenvalue weighted by atomic mass is 32.1. The summed E-state index contributed by atoms with van der Waals surface area (Å²) in [5.74, 6) is -1.48. The monoisotopic (exact) mass is 588 g/mol. The van der Waals surface area contributed by atoms with Crippen molar-refractivity contribution in [3.8, 4) is 5.75 Å². The number of carbonyl (C=O) groups is 2. The smallest absolute Gasteiger partial charge is 0.416 e. The largest absolute Gasteiger partial charge is 0.490 e. The number of pyridine rings is 1. The van der Waals surface area contributed by atoms with Gasteiger partial charge in [0.2, 0.25) is 0 Å². The summed E-state index contributed by atoms with van der Waals surface area (Å²) in [6.07, 6.45) is -0.461. The van der Waals surface area contributed by atoms with E-state index in [1.807, 2.05) is 11.5 Å². The lowest BCUT2D eigenvalue weighted by molar-refractivity contribution is -0.726. The van der Waals surface area contributed by atoms with Crippen LogP contribution in [-0.2, 0) is 24.2 Å². The molecule has 0 aliphatic rings. The van der Waals surface area contributed by atoms with Gasteiger partial charge in [-0.2, -0.15) is 22.7 Å². The fourth-order valence-electron chi connectivity index (χ4n) is 3.90. The number of hydrogen-bond acceptors (Lipinski definition) is 6. The fourth-order valence-corrected chi connectivity index (χ4v) is 4.92. The third-order valence-corrected chi connectivity index (χ3v) is 7.04. The number of alkyl halides is 3. The van der Waals surface area contributed by atoms with E-state index in [2.05, 4.69) is 4.99 Å². The van der Waals surface area contributed by atoms with Gasteiger partial charge in [-0.25, -0.2) is 4.79 Å². The molecule has 12 heteroatoms. The van der Waals surface area contributed by atoms with Crippen LogP contribution in [0.15, 0.2) is 72.0 Å². The van der Waals surface area contributed by atoms with E-state index >= 15 is 0 Å². The quantitative estimate of drug-likeness (QED) is 0.205. The van der Waals surface area contributed by atoms with E-state index in [1.165, 1.54) is 18.3 Å². The SMILES string of the molecule is CCCCn1c(=NC(=O)c2cc(C(F)(F)F)ccc2OC[C@H](C)O)sc2cc[n+](COC(=O)c3ccccc3)cc21. The van der Waals surface area contributed by atoms with Crippen LogP contribution < -0.4 is 14.1 Å². The molecule has 0 radical (unpaired) electrons. The van der Waals surface area contributed by atoms with Crippen LogP contribution in [0.25, 0.3) is 10.2 Å². The third kappa shape index (κ3) is 7.59. The second kappa shape index (κ2) is 13.1. The molecule has 0 aliphatic heterocycles. The number of aryl methyl sites for hydroxylation is 1. The molecular weight excluding hydrogens is 559 g/mol. The first-order valence-electron chi connectivity index (χ1n) is 12.9. The van der Waals surface area contributed by atoms with E-state index in [4.69, 9.17) is 9.47 Å². The van der Waals surface area contributed by atoms with Crippen molar-refractivity contribution in [1.82, 2.24) is 4.57 Å². The molecule has 0 aliphatic carbocycles. The highest BCUT2D eigenvalue weighted by Crippen LogP contribution is 2.33. The number of rotatable bonds is 10. The molecule has 8 nitrogen and oxygen atoms in total. The molecule has 0 saturated carbocycles. The molecule has 0 saturated heterocycles. The lowest BCUT2D eigenvalue weighted by Crippen LogP contribution is -2.35. The van der Waals surface area contributed by atoms with Gasteiger partial charge < -0.3 is 19.1 Å². The second-order valence-corrected chi connectivity index (χ2v) is 10.3. The number of amides is 1. The number of fused-ring (bicyclic) bond motifs is 1. The summed E-state index contributed by atoms with van der Waals surface area (Å²) in [6, 6.07) is 13.0. The van der Waals surface area contributed by atoms with Gasteiger partial charge >= 0.3 is 12.1 Å². The summed E-state index contributed by atoms with van der Waals surface area (Å²) in [7, 11) is 0. The van der Waals surface area contributed by atoms with Crippen molar-refractivity contribution in [1.29, 1.82) is 0 Å². The number of halogens is 3. The Balaban J connectivity index is 1.70. The molecule has 216 valence electrons. The van der Waals surface area contributed by atoms with Crippen molar-refractivity contribution >= 4 is 33.4 Å². The van der Waals surface area contributed by atoms with Gasteiger partial charge in [0.1, 0.15) is 17.9 Å². The Kier molecular flexibility index (Phi) is 9.56. The minimum atomic E-state index is -4.67. The van der Waals surface area contributed by atoms with Gasteiger partial charge in [0.05, 0.1) is 27.5 Å². The Morgan fingerprint density at radius 2 is 1.90 bits per heavy atom. The highest BCUT2D eigenvalue weighted by Gasteiger charge is 2.32. The van der Waals surface area contributed by atoms with Crippen LogP contribution in [0.4, 0.5) is 13.2 Å². The predicted octanol–water partition coefficient (Wildman–Crippen LogP) is 5.12. The number of benzene rings is 2. The number of aromatic nitrogens is 2. The molecule has 41 heavy (non-hydrogen) atoms. The molecule has 4 aromatic rings. The molecule has 1 amide bonds. The topological polar surface area (TPSA) is 94.0 Å². The molecule has 0 fully saturated rings. The first kappa shape index (κ1) is 29.9. The Morgan fingerprint density at radius 1 is 1.15 bits per heavy atom. The van der Waals surface area contributed by atoms with Gasteiger partial charge in [0.25, 0.3) is 12.6 Å². The van der Waals surface area contributed by atoms with Gasteiger partial charge in [0.15, 0.2) is 17.2 Å². The van der Waals surface area contributed by atoms with Crippen molar-refractivity contribution in [2.24, 2.45) is 4.99 Å². The lowest BCUT2D eigenvalue weighted by Gasteiger charge is -2.13. The zero-order chi connectivity index (χ0) is 29.6. The average molecular weight is 589 g/mol. The molecule has 0 spiro atoms. The number of ether oxygens (including phenoxy) is 2. The van der Waals surface area contributed by atoms with Gasteiger partial charge in [-0.15, -0.1) is 0 Å². The van der Waals surface area contributed by atoms with Crippen LogP contribution in [0.2, 0.25) is 0 Å². The lowest BCUT2D eigenvalue weighted by atomic mass is 10.1. The van der Waals surface area contributed by atoms with Crippen molar-refractivity contribution in [3.63, 3.8) is 0 Å². The van der Waals surface area contributed by atoms with Crippen LogP contribution >= 0.6 is 11.3 Å². The standard InChI is InChI=1S/C29H29F3N3O5S/c1-3-4-13-35-23-16-34(18-40-27(38)20-8-6-5-7-9-20)14-12-25(23)41-28(35)33-26(37)22-15-21(29(30,31)32)10-11-24(22)39-17-19(2)36/h5-12,14-16,19,36H,3-4,13,17-18H2,1-2H3/q+1/t19-/m0/s1. The maximum atomic E-state index is 13.4. The zero-order valence-electron chi connectivity index (χ0n) is 22.4. The first-order valence-corrected chi connectivity index (χ1v) is 13.7. The summed E-state index contributed by atoms with van der Waals surface area (Å²) in [5, 5.41) is 9.57. The number of aliphatic hydroxyl groups excluding tert-OH is 1. The van der Waals surface area contributed by atoms with Crippen molar-refractivity contribution < 1.29 is 41.9 Å². The molecule has 4 rings (SSSR count). The number of carbonyl (C=O) groups excluding carboxylic acids is 2. The van der Waals surface area contributed by atoms with Gasteiger partial charge in [-0.05, 0) is 43.7 Å². The Bertz CT molecular complexity index is 1600. The normalized spacial score (nSPS) is 12.9. The maximum absolute atomic E-state index is 13.4. The minimum absolute atomic E-state index is 0.0487. The maximum Gasteiger partial charge on any atom is 0.416 e. The number of esters is 1. The highest BCUT2D eigenvalue weighted by molar-refractivity contribution is 7.16. The number of aliphatic hydroxyl groups is 1. The van der Waals surface area contributed by atoms with Crippen LogP contribution in [0.1, 0.15) is 53.0 Å². The molecule has 1 N–H and O–H groups in total. The van der Waals surface area contributed by atoms with E-state index in [-0.39, 0.29) is 24.7 Å².